The molecule has 1 aromatic rings. The summed E-state index contributed by atoms with van der Waals surface area (Å²) in [6.07, 6.45) is 9.53. The van der Waals surface area contributed by atoms with E-state index in [9.17, 15) is 9.59 Å². The quantitative estimate of drug-likeness (QED) is 0.206. The van der Waals surface area contributed by atoms with Crippen LogP contribution in [-0.4, -0.2) is 18.5 Å². The van der Waals surface area contributed by atoms with Crippen molar-refractivity contribution >= 4 is 11.9 Å². The molecule has 146 valence electrons. The molecule has 0 aliphatic rings. The molecule has 1 aromatic carbocycles. The van der Waals surface area contributed by atoms with E-state index in [4.69, 9.17) is 14.2 Å². The average Bonchev–Trinajstić information content (AvgIpc) is 2.69. The normalized spacial score (nSPS) is 9.93. The second kappa shape index (κ2) is 13.4. The molecule has 0 atom stereocenters. The van der Waals surface area contributed by atoms with Crippen LogP contribution in [0.15, 0.2) is 56.2 Å². The summed E-state index contributed by atoms with van der Waals surface area (Å²) >= 11 is 0. The molecule has 0 bridgehead atoms. The number of rotatable bonds is 14. The number of esters is 2. The van der Waals surface area contributed by atoms with Gasteiger partial charge in [-0.3, -0.25) is 0 Å². The summed E-state index contributed by atoms with van der Waals surface area (Å²) in [6, 6.07) is 5.43. The van der Waals surface area contributed by atoms with E-state index < -0.39 is 11.9 Å². The van der Waals surface area contributed by atoms with Gasteiger partial charge in [-0.15, -0.1) is 6.58 Å². The minimum atomic E-state index is -0.500. The maximum Gasteiger partial charge on any atom is 0.330 e. The monoisotopic (exact) mass is 372 g/mol. The van der Waals surface area contributed by atoms with Gasteiger partial charge >= 0.3 is 11.9 Å². The highest BCUT2D eigenvalue weighted by Gasteiger charge is 2.07. The Hall–Kier alpha value is -2.82. The lowest BCUT2D eigenvalue weighted by molar-refractivity contribution is -0.139. The summed E-state index contributed by atoms with van der Waals surface area (Å²) in [7, 11) is 0. The van der Waals surface area contributed by atoms with Crippen molar-refractivity contribution in [2.45, 2.75) is 45.3 Å². The number of hydrogen-bond donors (Lipinski definition) is 0. The Morgan fingerprint density at radius 2 is 1.37 bits per heavy atom. The third-order valence-corrected chi connectivity index (χ3v) is 3.69. The molecule has 0 fully saturated rings. The van der Waals surface area contributed by atoms with Gasteiger partial charge in [-0.1, -0.05) is 32.1 Å². The molecular formula is C22H28O5. The van der Waals surface area contributed by atoms with Crippen molar-refractivity contribution < 1.29 is 23.8 Å². The zero-order valence-electron chi connectivity index (χ0n) is 15.8. The van der Waals surface area contributed by atoms with E-state index in [1.165, 1.54) is 0 Å². The first-order valence-corrected chi connectivity index (χ1v) is 9.04. The van der Waals surface area contributed by atoms with Crippen LogP contribution in [0.3, 0.4) is 0 Å². The van der Waals surface area contributed by atoms with E-state index in [0.717, 1.165) is 55.4 Å². The molecule has 0 radical (unpaired) electrons. The predicted molar refractivity (Wildman–Crippen MR) is 105 cm³/mol. The third-order valence-electron chi connectivity index (χ3n) is 3.69. The van der Waals surface area contributed by atoms with Gasteiger partial charge in [0.25, 0.3) is 0 Å². The first-order chi connectivity index (χ1) is 13.1. The SMILES string of the molecule is C=CCCCCCCOc1cc(COC(=O)C=C)cc(COC(=O)C=C)c1. The minimum Gasteiger partial charge on any atom is -0.494 e. The summed E-state index contributed by atoms with van der Waals surface area (Å²) < 4.78 is 16.0. The lowest BCUT2D eigenvalue weighted by Crippen LogP contribution is -2.05. The molecule has 0 spiro atoms. The standard InChI is InChI=1S/C22H28O5/c1-4-7-8-9-10-11-12-25-20-14-18(16-26-21(23)5-2)13-19(15-20)17-27-22(24)6-3/h4-6,13-15H,1-3,7-12,16-17H2. The maximum absolute atomic E-state index is 11.3. The number of allylic oxidation sites excluding steroid dienone is 1. The van der Waals surface area contributed by atoms with Crippen molar-refractivity contribution in [1.82, 2.24) is 0 Å². The Labute approximate surface area is 161 Å². The molecular weight excluding hydrogens is 344 g/mol. The molecule has 0 aromatic heterocycles. The number of benzene rings is 1. The topological polar surface area (TPSA) is 61.8 Å². The molecule has 0 N–H and O–H groups in total. The van der Waals surface area contributed by atoms with Crippen molar-refractivity contribution in [1.29, 1.82) is 0 Å². The van der Waals surface area contributed by atoms with Crippen LogP contribution >= 0.6 is 0 Å². The van der Waals surface area contributed by atoms with Crippen molar-refractivity contribution in [2.75, 3.05) is 6.61 Å². The lowest BCUT2D eigenvalue weighted by atomic mass is 10.1. The number of carbonyl (C=O) groups is 2. The van der Waals surface area contributed by atoms with Gasteiger partial charge in [0.15, 0.2) is 0 Å². The second-order valence-electron chi connectivity index (χ2n) is 5.95. The molecule has 0 heterocycles. The molecule has 0 saturated heterocycles. The maximum atomic E-state index is 11.3. The van der Waals surface area contributed by atoms with Gasteiger partial charge in [-0.25, -0.2) is 9.59 Å². The van der Waals surface area contributed by atoms with E-state index in [1.807, 2.05) is 18.2 Å². The summed E-state index contributed by atoms with van der Waals surface area (Å²) in [5, 5.41) is 0. The molecule has 1 rings (SSSR count). The van der Waals surface area contributed by atoms with Crippen LogP contribution < -0.4 is 4.74 Å². The van der Waals surface area contributed by atoms with Crippen LogP contribution in [0.25, 0.3) is 0 Å². The Morgan fingerprint density at radius 3 is 1.89 bits per heavy atom. The van der Waals surface area contributed by atoms with Crippen LogP contribution in [0.5, 0.6) is 5.75 Å². The number of ether oxygens (including phenoxy) is 3. The van der Waals surface area contributed by atoms with Gasteiger partial charge < -0.3 is 14.2 Å². The van der Waals surface area contributed by atoms with Crippen molar-refractivity contribution in [3.63, 3.8) is 0 Å². The number of unbranched alkanes of at least 4 members (excludes halogenated alkanes) is 4. The summed E-state index contributed by atoms with van der Waals surface area (Å²) in [6.45, 7) is 11.2. The predicted octanol–water partition coefficient (Wildman–Crippen LogP) is 4.66. The first kappa shape index (κ1) is 22.2. The molecule has 0 saturated carbocycles. The van der Waals surface area contributed by atoms with Crippen LogP contribution in [0, 0.1) is 0 Å². The van der Waals surface area contributed by atoms with Crippen LogP contribution in [0.2, 0.25) is 0 Å². The lowest BCUT2D eigenvalue weighted by Gasteiger charge is -2.12. The molecule has 0 aliphatic heterocycles. The fourth-order valence-corrected chi connectivity index (χ4v) is 2.34. The van der Waals surface area contributed by atoms with E-state index in [2.05, 4.69) is 19.7 Å². The van der Waals surface area contributed by atoms with Gasteiger partial charge in [-0.2, -0.15) is 0 Å². The molecule has 5 heteroatoms. The zero-order chi connectivity index (χ0) is 19.9. The Balaban J connectivity index is 2.64. The highest BCUT2D eigenvalue weighted by Crippen LogP contribution is 2.20. The molecule has 27 heavy (non-hydrogen) atoms. The molecule has 5 nitrogen and oxygen atoms in total. The summed E-state index contributed by atoms with van der Waals surface area (Å²) in [5.74, 6) is -0.348. The first-order valence-electron chi connectivity index (χ1n) is 9.04. The molecule has 0 aliphatic carbocycles. The van der Waals surface area contributed by atoms with E-state index in [-0.39, 0.29) is 13.2 Å². The Bertz CT molecular complexity index is 606. The highest BCUT2D eigenvalue weighted by atomic mass is 16.5. The average molecular weight is 372 g/mol. The highest BCUT2D eigenvalue weighted by molar-refractivity contribution is 5.81. The summed E-state index contributed by atoms with van der Waals surface area (Å²) in [5.41, 5.74) is 1.50. The van der Waals surface area contributed by atoms with E-state index in [0.29, 0.717) is 12.4 Å². The largest absolute Gasteiger partial charge is 0.494 e. The van der Waals surface area contributed by atoms with Gasteiger partial charge in [0.05, 0.1) is 6.61 Å². The fraction of sp³-hybridized carbons (Fsp3) is 0.364. The minimum absolute atomic E-state index is 0.0893. The van der Waals surface area contributed by atoms with Gasteiger partial charge in [0.2, 0.25) is 0 Å². The van der Waals surface area contributed by atoms with Crippen molar-refractivity contribution in [3.05, 3.63) is 67.3 Å². The smallest absolute Gasteiger partial charge is 0.330 e. The second-order valence-corrected chi connectivity index (χ2v) is 5.95. The number of carbonyl (C=O) groups excluding carboxylic acids is 2. The van der Waals surface area contributed by atoms with E-state index >= 15 is 0 Å². The van der Waals surface area contributed by atoms with Crippen molar-refractivity contribution in [3.8, 4) is 5.75 Å². The van der Waals surface area contributed by atoms with Crippen LogP contribution in [0.4, 0.5) is 0 Å². The summed E-state index contributed by atoms with van der Waals surface area (Å²) in [4.78, 5) is 22.5. The van der Waals surface area contributed by atoms with Crippen molar-refractivity contribution in [2.24, 2.45) is 0 Å². The van der Waals surface area contributed by atoms with Crippen LogP contribution in [0.1, 0.15) is 43.2 Å². The van der Waals surface area contributed by atoms with Crippen LogP contribution in [-0.2, 0) is 32.3 Å². The van der Waals surface area contributed by atoms with E-state index in [1.54, 1.807) is 6.07 Å². The fourth-order valence-electron chi connectivity index (χ4n) is 2.34. The number of hydrogen-bond acceptors (Lipinski definition) is 5. The third kappa shape index (κ3) is 10.0. The Kier molecular flexibility index (Phi) is 11.0. The molecule has 0 amide bonds. The van der Waals surface area contributed by atoms with Gasteiger partial charge in [0.1, 0.15) is 19.0 Å². The Morgan fingerprint density at radius 1 is 0.815 bits per heavy atom. The van der Waals surface area contributed by atoms with Gasteiger partial charge in [-0.05, 0) is 48.6 Å². The van der Waals surface area contributed by atoms with Gasteiger partial charge in [0, 0.05) is 12.2 Å². The zero-order valence-corrected chi connectivity index (χ0v) is 15.8. The molecule has 0 unspecified atom stereocenters.